The predicted octanol–water partition coefficient (Wildman–Crippen LogP) is 2.15. The number of amides is 1. The van der Waals surface area contributed by atoms with Crippen molar-refractivity contribution in [1.29, 1.82) is 0 Å². The van der Waals surface area contributed by atoms with E-state index in [0.717, 1.165) is 29.8 Å². The fourth-order valence-electron chi connectivity index (χ4n) is 3.38. The molecule has 3 heterocycles. The number of carbonyl (C=O) groups excluding carboxylic acids is 1. The van der Waals surface area contributed by atoms with Gasteiger partial charge in [-0.15, -0.1) is 0 Å². The van der Waals surface area contributed by atoms with Gasteiger partial charge >= 0.3 is 0 Å². The van der Waals surface area contributed by atoms with Crippen LogP contribution in [0.3, 0.4) is 0 Å². The van der Waals surface area contributed by atoms with Crippen LogP contribution in [-0.4, -0.2) is 57.8 Å². The first-order chi connectivity index (χ1) is 13.2. The van der Waals surface area contributed by atoms with Crippen LogP contribution in [0.25, 0.3) is 11.2 Å². The Hall–Kier alpha value is -3.16. The number of carbonyl (C=O) groups is 1. The lowest BCUT2D eigenvalue weighted by molar-refractivity contribution is -0.134. The molecule has 0 spiro atoms. The number of ether oxygens (including phenoxy) is 2. The van der Waals surface area contributed by atoms with Gasteiger partial charge in [-0.25, -0.2) is 9.97 Å². The number of H-pyrrole nitrogens is 1. The summed E-state index contributed by atoms with van der Waals surface area (Å²) in [5, 5.41) is 7.29. The molecule has 4 rings (SSSR count). The molecule has 0 atom stereocenters. The molecule has 2 aromatic heterocycles. The highest BCUT2D eigenvalue weighted by molar-refractivity contribution is 5.78. The van der Waals surface area contributed by atoms with Crippen molar-refractivity contribution in [3.05, 3.63) is 42.4 Å². The lowest BCUT2D eigenvalue weighted by Gasteiger charge is -2.31. The molecule has 0 unspecified atom stereocenters. The van der Waals surface area contributed by atoms with Gasteiger partial charge in [0.15, 0.2) is 12.3 Å². The van der Waals surface area contributed by atoms with Crippen LogP contribution >= 0.6 is 0 Å². The molecule has 1 aliphatic rings. The second kappa shape index (κ2) is 7.61. The van der Waals surface area contributed by atoms with E-state index < -0.39 is 0 Å². The monoisotopic (exact) mass is 367 g/mol. The van der Waals surface area contributed by atoms with E-state index in [-0.39, 0.29) is 12.5 Å². The number of methoxy groups -OCH3 is 1. The standard InChI is InChI=1S/C19H21N5O3/c1-26-14-2-4-15(5-3-14)27-12-16(25)24-10-6-13(7-11-24)17-18-19(23-22-17)21-9-8-20-18/h2-5,8-9,13H,6-7,10-12H2,1H3,(H,21,22,23). The predicted molar refractivity (Wildman–Crippen MR) is 98.7 cm³/mol. The fourth-order valence-corrected chi connectivity index (χ4v) is 3.38. The molecule has 27 heavy (non-hydrogen) atoms. The zero-order valence-corrected chi connectivity index (χ0v) is 15.1. The first-order valence-electron chi connectivity index (χ1n) is 8.94. The SMILES string of the molecule is COc1ccc(OCC(=O)N2CCC(c3[nH]nc4nccnc34)CC2)cc1. The smallest absolute Gasteiger partial charge is 0.260 e. The van der Waals surface area contributed by atoms with E-state index in [0.29, 0.717) is 30.4 Å². The second-order valence-electron chi connectivity index (χ2n) is 6.49. The molecular weight excluding hydrogens is 346 g/mol. The molecule has 1 aromatic carbocycles. The van der Waals surface area contributed by atoms with Crippen LogP contribution in [-0.2, 0) is 4.79 Å². The Kier molecular flexibility index (Phi) is 4.86. The van der Waals surface area contributed by atoms with Crippen LogP contribution < -0.4 is 9.47 Å². The lowest BCUT2D eigenvalue weighted by Crippen LogP contribution is -2.40. The molecule has 1 saturated heterocycles. The highest BCUT2D eigenvalue weighted by Crippen LogP contribution is 2.30. The number of aromatic amines is 1. The molecule has 0 radical (unpaired) electrons. The minimum Gasteiger partial charge on any atom is -0.497 e. The molecule has 0 saturated carbocycles. The van der Waals surface area contributed by atoms with E-state index in [4.69, 9.17) is 9.47 Å². The van der Waals surface area contributed by atoms with Crippen molar-refractivity contribution in [2.45, 2.75) is 18.8 Å². The number of rotatable bonds is 5. The topological polar surface area (TPSA) is 93.2 Å². The first-order valence-corrected chi connectivity index (χ1v) is 8.94. The third-order valence-corrected chi connectivity index (χ3v) is 4.89. The van der Waals surface area contributed by atoms with Gasteiger partial charge in [0.25, 0.3) is 5.91 Å². The Balaban J connectivity index is 1.31. The van der Waals surface area contributed by atoms with Gasteiger partial charge in [0.1, 0.15) is 17.0 Å². The molecule has 8 heteroatoms. The summed E-state index contributed by atoms with van der Waals surface area (Å²) < 4.78 is 10.7. The number of fused-ring (bicyclic) bond motifs is 1. The van der Waals surface area contributed by atoms with Gasteiger partial charge in [-0.05, 0) is 37.1 Å². The van der Waals surface area contributed by atoms with Crippen LogP contribution in [0.4, 0.5) is 0 Å². The Morgan fingerprint density at radius 1 is 1.15 bits per heavy atom. The summed E-state index contributed by atoms with van der Waals surface area (Å²) in [4.78, 5) is 22.9. The minimum absolute atomic E-state index is 0.00136. The number of nitrogens with zero attached hydrogens (tertiary/aromatic N) is 4. The van der Waals surface area contributed by atoms with Crippen molar-refractivity contribution in [2.24, 2.45) is 0 Å². The van der Waals surface area contributed by atoms with Crippen molar-refractivity contribution in [3.63, 3.8) is 0 Å². The van der Waals surface area contributed by atoms with Gasteiger partial charge in [-0.2, -0.15) is 5.10 Å². The summed E-state index contributed by atoms with van der Waals surface area (Å²) in [7, 11) is 1.61. The van der Waals surface area contributed by atoms with Crippen LogP contribution in [0.5, 0.6) is 11.5 Å². The lowest BCUT2D eigenvalue weighted by atomic mass is 9.93. The van der Waals surface area contributed by atoms with Crippen LogP contribution in [0, 0.1) is 0 Å². The van der Waals surface area contributed by atoms with Crippen LogP contribution in [0.15, 0.2) is 36.7 Å². The summed E-state index contributed by atoms with van der Waals surface area (Å²) in [6, 6.07) is 7.21. The number of benzene rings is 1. The molecule has 1 amide bonds. The number of likely N-dealkylation sites (tertiary alicyclic amines) is 1. The average molecular weight is 367 g/mol. The van der Waals surface area contributed by atoms with Gasteiger partial charge in [0.05, 0.1) is 12.8 Å². The summed E-state index contributed by atoms with van der Waals surface area (Å²) in [5.74, 6) is 1.71. The van der Waals surface area contributed by atoms with Gasteiger partial charge in [0.2, 0.25) is 0 Å². The van der Waals surface area contributed by atoms with E-state index >= 15 is 0 Å². The maximum absolute atomic E-state index is 12.4. The Bertz CT molecular complexity index is 916. The Morgan fingerprint density at radius 2 is 1.85 bits per heavy atom. The number of piperidine rings is 1. The van der Waals surface area contributed by atoms with Gasteiger partial charge in [0, 0.05) is 31.4 Å². The number of hydrogen-bond donors (Lipinski definition) is 1. The molecule has 1 aliphatic heterocycles. The molecule has 3 aromatic rings. The Morgan fingerprint density at radius 3 is 2.59 bits per heavy atom. The van der Waals surface area contributed by atoms with E-state index in [1.165, 1.54) is 0 Å². The molecular formula is C19H21N5O3. The molecule has 1 fully saturated rings. The molecule has 1 N–H and O–H groups in total. The zero-order valence-electron chi connectivity index (χ0n) is 15.1. The summed E-state index contributed by atoms with van der Waals surface area (Å²) >= 11 is 0. The van der Waals surface area contributed by atoms with Crippen LogP contribution in [0.1, 0.15) is 24.5 Å². The Labute approximate surface area is 156 Å². The maximum Gasteiger partial charge on any atom is 0.260 e. The third kappa shape index (κ3) is 3.69. The zero-order chi connectivity index (χ0) is 18.6. The highest BCUT2D eigenvalue weighted by atomic mass is 16.5. The van der Waals surface area contributed by atoms with Crippen molar-refractivity contribution in [3.8, 4) is 11.5 Å². The van der Waals surface area contributed by atoms with Gasteiger partial charge in [-0.3, -0.25) is 9.89 Å². The summed E-state index contributed by atoms with van der Waals surface area (Å²) in [6.07, 6.45) is 5.04. The number of nitrogens with one attached hydrogen (secondary N) is 1. The van der Waals surface area contributed by atoms with Gasteiger partial charge in [-0.1, -0.05) is 0 Å². The number of hydrogen-bond acceptors (Lipinski definition) is 6. The quantitative estimate of drug-likeness (QED) is 0.743. The molecule has 0 aliphatic carbocycles. The van der Waals surface area contributed by atoms with Crippen molar-refractivity contribution in [2.75, 3.05) is 26.8 Å². The van der Waals surface area contributed by atoms with Crippen molar-refractivity contribution >= 4 is 17.1 Å². The van der Waals surface area contributed by atoms with E-state index in [9.17, 15) is 4.79 Å². The largest absolute Gasteiger partial charge is 0.497 e. The molecule has 8 nitrogen and oxygen atoms in total. The summed E-state index contributed by atoms with van der Waals surface area (Å²) in [5.41, 5.74) is 2.48. The average Bonchev–Trinajstić information content (AvgIpc) is 3.16. The fraction of sp³-hybridized carbons (Fsp3) is 0.368. The van der Waals surface area contributed by atoms with E-state index in [2.05, 4.69) is 20.2 Å². The number of aromatic nitrogens is 4. The van der Waals surface area contributed by atoms with E-state index in [1.54, 1.807) is 31.6 Å². The molecule has 0 bridgehead atoms. The normalized spacial score (nSPS) is 15.1. The summed E-state index contributed by atoms with van der Waals surface area (Å²) in [6.45, 7) is 1.42. The minimum atomic E-state index is -0.00136. The van der Waals surface area contributed by atoms with Crippen molar-refractivity contribution in [1.82, 2.24) is 25.1 Å². The maximum atomic E-state index is 12.4. The molecule has 140 valence electrons. The first kappa shape index (κ1) is 17.3. The third-order valence-electron chi connectivity index (χ3n) is 4.89. The highest BCUT2D eigenvalue weighted by Gasteiger charge is 2.26. The van der Waals surface area contributed by atoms with Crippen LogP contribution in [0.2, 0.25) is 0 Å². The second-order valence-corrected chi connectivity index (χ2v) is 6.49. The van der Waals surface area contributed by atoms with Crippen molar-refractivity contribution < 1.29 is 14.3 Å². The van der Waals surface area contributed by atoms with Gasteiger partial charge < -0.3 is 14.4 Å². The van der Waals surface area contributed by atoms with E-state index in [1.807, 2.05) is 17.0 Å².